The van der Waals surface area contributed by atoms with E-state index < -0.39 is 11.7 Å². The van der Waals surface area contributed by atoms with E-state index >= 15 is 0 Å². The van der Waals surface area contributed by atoms with E-state index in [0.717, 1.165) is 46.0 Å². The van der Waals surface area contributed by atoms with Crippen molar-refractivity contribution in [3.05, 3.63) is 107 Å². The topological polar surface area (TPSA) is 93.7 Å². The first-order valence-electron chi connectivity index (χ1n) is 15.4. The van der Waals surface area contributed by atoms with Gasteiger partial charge in [-0.25, -0.2) is 9.78 Å². The van der Waals surface area contributed by atoms with Crippen LogP contribution in [0.5, 0.6) is 5.88 Å². The number of aromatic amines is 1. The van der Waals surface area contributed by atoms with E-state index in [9.17, 15) is 9.59 Å². The monoisotopic (exact) mass is 609 g/mol. The van der Waals surface area contributed by atoms with Gasteiger partial charge in [-0.1, -0.05) is 61.5 Å². The van der Waals surface area contributed by atoms with Crippen LogP contribution in [0.2, 0.25) is 0 Å². The maximum Gasteiger partial charge on any atom is 0.410 e. The quantitative estimate of drug-likeness (QED) is 0.116. The summed E-state index contributed by atoms with van der Waals surface area (Å²) in [6, 6.07) is 24.7. The highest BCUT2D eigenvalue weighted by Crippen LogP contribution is 2.35. The molecule has 2 aromatic heterocycles. The van der Waals surface area contributed by atoms with E-state index in [1.54, 1.807) is 6.08 Å². The van der Waals surface area contributed by atoms with Crippen molar-refractivity contribution in [3.8, 4) is 5.88 Å². The zero-order chi connectivity index (χ0) is 32.2. The molecule has 236 valence electrons. The number of carbonyl (C=O) groups is 2. The van der Waals surface area contributed by atoms with Crippen LogP contribution >= 0.6 is 0 Å². The van der Waals surface area contributed by atoms with Gasteiger partial charge in [0.25, 0.3) is 0 Å². The number of para-hydroxylation sites is 1. The lowest BCUT2D eigenvalue weighted by atomic mass is 9.91. The summed E-state index contributed by atoms with van der Waals surface area (Å²) in [6.45, 7) is 10.8. The van der Waals surface area contributed by atoms with Gasteiger partial charge in [0.15, 0.2) is 0 Å². The number of pyridine rings is 1. The molecule has 0 fully saturated rings. The molecule has 45 heavy (non-hydrogen) atoms. The molecule has 8 nitrogen and oxygen atoms in total. The number of rotatable bonds is 14. The molecule has 0 saturated heterocycles. The van der Waals surface area contributed by atoms with E-state index in [1.807, 2.05) is 64.2 Å². The normalized spacial score (nSPS) is 12.5. The fourth-order valence-electron chi connectivity index (χ4n) is 4.91. The van der Waals surface area contributed by atoms with Crippen LogP contribution in [-0.2, 0) is 14.3 Å². The second kappa shape index (κ2) is 15.9. The van der Waals surface area contributed by atoms with E-state index in [2.05, 4.69) is 59.4 Å². The molecule has 0 unspecified atom stereocenters. The highest BCUT2D eigenvalue weighted by atomic mass is 16.6. The predicted molar refractivity (Wildman–Crippen MR) is 179 cm³/mol. The number of benzene rings is 2. The second-order valence-corrected chi connectivity index (χ2v) is 11.5. The number of hydrogen-bond donors (Lipinski definition) is 1. The van der Waals surface area contributed by atoms with Gasteiger partial charge in [0.1, 0.15) is 18.5 Å². The fourth-order valence-corrected chi connectivity index (χ4v) is 4.91. The summed E-state index contributed by atoms with van der Waals surface area (Å²) < 4.78 is 16.9. The number of nitrogens with zero attached hydrogens (tertiary/aromatic N) is 2. The van der Waals surface area contributed by atoms with E-state index in [-0.39, 0.29) is 26.3 Å². The SMILES string of the molecule is CCOC/C(C=O)=C/CN(CCOc1ccc(/C(=C(/CC)c2ccccc2)c2cc3ccccc3[nH]2)cn1)C(=O)OC(C)(C)C. The van der Waals surface area contributed by atoms with Crippen LogP contribution in [-0.4, -0.2) is 65.8 Å². The fraction of sp³-hybridized carbons (Fsp3) is 0.324. The van der Waals surface area contributed by atoms with Gasteiger partial charge in [-0.05, 0) is 63.5 Å². The van der Waals surface area contributed by atoms with Crippen LogP contribution in [0.4, 0.5) is 4.79 Å². The van der Waals surface area contributed by atoms with Crippen molar-refractivity contribution in [2.45, 2.75) is 46.6 Å². The van der Waals surface area contributed by atoms with Crippen LogP contribution < -0.4 is 4.74 Å². The lowest BCUT2D eigenvalue weighted by molar-refractivity contribution is -0.105. The Morgan fingerprint density at radius 3 is 2.38 bits per heavy atom. The summed E-state index contributed by atoms with van der Waals surface area (Å²) >= 11 is 0. The first-order chi connectivity index (χ1) is 21.7. The summed E-state index contributed by atoms with van der Waals surface area (Å²) in [5.74, 6) is 0.442. The molecule has 0 aliphatic carbocycles. The maximum atomic E-state index is 12.9. The third-order valence-electron chi connectivity index (χ3n) is 7.06. The molecule has 0 saturated carbocycles. The van der Waals surface area contributed by atoms with Crippen molar-refractivity contribution < 1.29 is 23.8 Å². The van der Waals surface area contributed by atoms with Crippen molar-refractivity contribution in [2.24, 2.45) is 0 Å². The van der Waals surface area contributed by atoms with Gasteiger partial charge in [0.2, 0.25) is 5.88 Å². The Balaban J connectivity index is 1.55. The smallest absolute Gasteiger partial charge is 0.410 e. The van der Waals surface area contributed by atoms with Crippen molar-refractivity contribution in [1.82, 2.24) is 14.9 Å². The molecule has 0 atom stereocenters. The van der Waals surface area contributed by atoms with Crippen LogP contribution in [0.1, 0.15) is 57.9 Å². The number of allylic oxidation sites excluding steroid dienone is 1. The number of amides is 1. The number of H-pyrrole nitrogens is 1. The van der Waals surface area contributed by atoms with Crippen molar-refractivity contribution in [1.29, 1.82) is 0 Å². The van der Waals surface area contributed by atoms with Crippen molar-refractivity contribution >= 4 is 34.4 Å². The molecule has 2 heterocycles. The van der Waals surface area contributed by atoms with Crippen molar-refractivity contribution in [2.75, 3.05) is 32.9 Å². The summed E-state index contributed by atoms with van der Waals surface area (Å²) in [5, 5.41) is 1.14. The van der Waals surface area contributed by atoms with Crippen LogP contribution in [0, 0.1) is 0 Å². The number of fused-ring (bicyclic) bond motifs is 1. The van der Waals surface area contributed by atoms with Gasteiger partial charge in [0, 0.05) is 58.7 Å². The number of nitrogens with one attached hydrogen (secondary N) is 1. The molecule has 4 aromatic rings. The highest BCUT2D eigenvalue weighted by molar-refractivity contribution is 6.00. The third-order valence-corrected chi connectivity index (χ3v) is 7.06. The minimum Gasteiger partial charge on any atom is -0.476 e. The van der Waals surface area contributed by atoms with E-state index in [1.165, 1.54) is 10.5 Å². The average molecular weight is 610 g/mol. The zero-order valence-electron chi connectivity index (χ0n) is 26.8. The molecule has 0 bridgehead atoms. The number of aromatic nitrogens is 2. The molecule has 2 aromatic carbocycles. The minimum absolute atomic E-state index is 0.184. The van der Waals surface area contributed by atoms with Crippen LogP contribution in [0.25, 0.3) is 22.0 Å². The Bertz CT molecular complexity index is 1580. The largest absolute Gasteiger partial charge is 0.476 e. The lowest BCUT2D eigenvalue weighted by Gasteiger charge is -2.26. The Morgan fingerprint density at radius 2 is 1.73 bits per heavy atom. The second-order valence-electron chi connectivity index (χ2n) is 11.5. The molecular formula is C37H43N3O5. The van der Waals surface area contributed by atoms with Gasteiger partial charge in [-0.15, -0.1) is 0 Å². The summed E-state index contributed by atoms with van der Waals surface area (Å²) in [4.78, 5) is 34.1. The Morgan fingerprint density at radius 1 is 0.978 bits per heavy atom. The molecular weight excluding hydrogens is 566 g/mol. The van der Waals surface area contributed by atoms with Crippen LogP contribution in [0.3, 0.4) is 0 Å². The predicted octanol–water partition coefficient (Wildman–Crippen LogP) is 7.71. The van der Waals surface area contributed by atoms with E-state index in [0.29, 0.717) is 18.1 Å². The molecule has 0 aliphatic rings. The Hall–Kier alpha value is -4.69. The summed E-state index contributed by atoms with van der Waals surface area (Å²) in [5.41, 5.74) is 6.30. The molecule has 0 aliphatic heterocycles. The van der Waals surface area contributed by atoms with Gasteiger partial charge in [-0.2, -0.15) is 0 Å². The van der Waals surface area contributed by atoms with Gasteiger partial charge < -0.3 is 24.1 Å². The number of aldehydes is 1. The van der Waals surface area contributed by atoms with Gasteiger partial charge >= 0.3 is 6.09 Å². The lowest BCUT2D eigenvalue weighted by Crippen LogP contribution is -2.39. The summed E-state index contributed by atoms with van der Waals surface area (Å²) in [6.07, 6.45) is 4.58. The van der Waals surface area contributed by atoms with Gasteiger partial charge in [0.05, 0.1) is 13.2 Å². The molecule has 1 amide bonds. The third kappa shape index (κ3) is 9.40. The maximum absolute atomic E-state index is 12.9. The van der Waals surface area contributed by atoms with E-state index in [4.69, 9.17) is 14.2 Å². The first-order valence-corrected chi connectivity index (χ1v) is 15.4. The minimum atomic E-state index is -0.663. The average Bonchev–Trinajstić information content (AvgIpc) is 3.46. The Labute approximate surface area is 265 Å². The molecule has 8 heteroatoms. The highest BCUT2D eigenvalue weighted by Gasteiger charge is 2.22. The van der Waals surface area contributed by atoms with Crippen molar-refractivity contribution in [3.63, 3.8) is 0 Å². The summed E-state index contributed by atoms with van der Waals surface area (Å²) in [7, 11) is 0. The number of ether oxygens (including phenoxy) is 3. The molecule has 0 spiro atoms. The zero-order valence-corrected chi connectivity index (χ0v) is 26.8. The standard InChI is InChI=1S/C37H43N3O5/c1-6-31(28-13-9-8-10-14-28)35(33-23-29-15-11-12-16-32(29)39-33)30-17-18-34(38-24-30)44-22-21-40(36(42)45-37(3,4)5)20-19-27(25-41)26-43-7-2/h8-19,23-25,39H,6-7,20-22,26H2,1-5H3/b27-19+,35-31+. The van der Waals surface area contributed by atoms with Crippen LogP contribution in [0.15, 0.2) is 90.6 Å². The molecule has 4 rings (SSSR count). The number of carbonyl (C=O) groups excluding carboxylic acids is 2. The molecule has 0 radical (unpaired) electrons. The Kier molecular flexibility index (Phi) is 11.7. The van der Waals surface area contributed by atoms with Gasteiger partial charge in [-0.3, -0.25) is 4.79 Å². The first kappa shape index (κ1) is 33.2. The number of hydrogen-bond acceptors (Lipinski definition) is 6. The molecule has 1 N–H and O–H groups in total.